The second-order valence-corrected chi connectivity index (χ2v) is 9.65. The first kappa shape index (κ1) is 22.0. The number of hydrogen-bond acceptors (Lipinski definition) is 5. The Morgan fingerprint density at radius 3 is 2.60 bits per heavy atom. The molecule has 2 amide bonds. The number of aryl methyl sites for hydroxylation is 1. The third-order valence-electron chi connectivity index (χ3n) is 4.92. The SMILES string of the molecule is CC(=O)N1CCc2cc(S(=O)(=O)NC(CC(C)C)C(=O)Nc3cc(C)[nH]n3)ccc21. The number of fused-ring (bicyclic) bond motifs is 1. The molecule has 3 rings (SSSR count). The number of benzene rings is 1. The normalized spacial score (nSPS) is 14.6. The second kappa shape index (κ2) is 8.57. The summed E-state index contributed by atoms with van der Waals surface area (Å²) in [6, 6.07) is 5.39. The molecule has 0 aliphatic carbocycles. The van der Waals surface area contributed by atoms with E-state index in [1.54, 1.807) is 30.0 Å². The van der Waals surface area contributed by atoms with Gasteiger partial charge >= 0.3 is 0 Å². The Bertz CT molecular complexity index is 1060. The zero-order valence-corrected chi connectivity index (χ0v) is 18.3. The number of sulfonamides is 1. The average molecular weight is 434 g/mol. The van der Waals surface area contributed by atoms with E-state index < -0.39 is 22.0 Å². The van der Waals surface area contributed by atoms with Crippen LogP contribution in [0.25, 0.3) is 0 Å². The molecule has 0 fully saturated rings. The van der Waals surface area contributed by atoms with E-state index in [1.807, 2.05) is 13.8 Å². The van der Waals surface area contributed by atoms with Crippen LogP contribution in [0.15, 0.2) is 29.2 Å². The Morgan fingerprint density at radius 1 is 1.27 bits per heavy atom. The van der Waals surface area contributed by atoms with Crippen molar-refractivity contribution in [3.8, 4) is 0 Å². The highest BCUT2D eigenvalue weighted by Crippen LogP contribution is 2.30. The van der Waals surface area contributed by atoms with Crippen LogP contribution >= 0.6 is 0 Å². The highest BCUT2D eigenvalue weighted by molar-refractivity contribution is 7.89. The number of hydrogen-bond donors (Lipinski definition) is 3. The zero-order chi connectivity index (χ0) is 22.1. The molecule has 1 aromatic carbocycles. The van der Waals surface area contributed by atoms with Gasteiger partial charge in [0.25, 0.3) is 0 Å². The third kappa shape index (κ3) is 4.88. The lowest BCUT2D eigenvalue weighted by molar-refractivity contribution is -0.118. The van der Waals surface area contributed by atoms with Crippen LogP contribution in [0.4, 0.5) is 11.5 Å². The van der Waals surface area contributed by atoms with E-state index in [4.69, 9.17) is 0 Å². The van der Waals surface area contributed by atoms with Gasteiger partial charge in [0.1, 0.15) is 6.04 Å². The van der Waals surface area contributed by atoms with Gasteiger partial charge in [0.2, 0.25) is 21.8 Å². The quantitative estimate of drug-likeness (QED) is 0.616. The van der Waals surface area contributed by atoms with E-state index in [0.29, 0.717) is 25.2 Å². The van der Waals surface area contributed by atoms with Gasteiger partial charge in [-0.05, 0) is 49.4 Å². The maximum Gasteiger partial charge on any atom is 0.243 e. The highest BCUT2D eigenvalue weighted by Gasteiger charge is 2.29. The van der Waals surface area contributed by atoms with Crippen molar-refractivity contribution in [3.63, 3.8) is 0 Å². The minimum Gasteiger partial charge on any atom is -0.312 e. The largest absolute Gasteiger partial charge is 0.312 e. The third-order valence-corrected chi connectivity index (χ3v) is 6.38. The summed E-state index contributed by atoms with van der Waals surface area (Å²) in [5, 5.41) is 9.35. The first-order valence-corrected chi connectivity index (χ1v) is 11.3. The maximum atomic E-state index is 13.0. The van der Waals surface area contributed by atoms with E-state index in [2.05, 4.69) is 20.2 Å². The van der Waals surface area contributed by atoms with Gasteiger partial charge in [-0.25, -0.2) is 8.42 Å². The molecule has 162 valence electrons. The van der Waals surface area contributed by atoms with Crippen molar-refractivity contribution in [2.45, 2.75) is 51.5 Å². The number of nitrogens with one attached hydrogen (secondary N) is 3. The summed E-state index contributed by atoms with van der Waals surface area (Å²) < 4.78 is 28.5. The monoisotopic (exact) mass is 433 g/mol. The zero-order valence-electron chi connectivity index (χ0n) is 17.5. The Labute approximate surface area is 176 Å². The summed E-state index contributed by atoms with van der Waals surface area (Å²) in [4.78, 5) is 26.1. The number of aromatic amines is 1. The summed E-state index contributed by atoms with van der Waals surface area (Å²) >= 11 is 0. The van der Waals surface area contributed by atoms with Gasteiger partial charge in [-0.15, -0.1) is 0 Å². The molecular weight excluding hydrogens is 406 g/mol. The molecule has 0 spiro atoms. The Hall–Kier alpha value is -2.72. The van der Waals surface area contributed by atoms with Gasteiger partial charge in [0, 0.05) is 30.9 Å². The lowest BCUT2D eigenvalue weighted by atomic mass is 10.0. The van der Waals surface area contributed by atoms with Crippen LogP contribution in [0, 0.1) is 12.8 Å². The van der Waals surface area contributed by atoms with Crippen LogP contribution in [-0.4, -0.2) is 43.0 Å². The molecule has 0 saturated heterocycles. The lowest BCUT2D eigenvalue weighted by Crippen LogP contribution is -2.44. The van der Waals surface area contributed by atoms with E-state index in [1.165, 1.54) is 13.0 Å². The van der Waals surface area contributed by atoms with Crippen molar-refractivity contribution in [1.29, 1.82) is 0 Å². The molecule has 2 aromatic rings. The molecule has 3 N–H and O–H groups in total. The first-order chi connectivity index (χ1) is 14.1. The number of amides is 2. The summed E-state index contributed by atoms with van der Waals surface area (Å²) in [5.74, 6) is -0.117. The van der Waals surface area contributed by atoms with Crippen LogP contribution in [0.2, 0.25) is 0 Å². The smallest absolute Gasteiger partial charge is 0.243 e. The fraction of sp³-hybridized carbons (Fsp3) is 0.450. The van der Waals surface area contributed by atoms with E-state index in [9.17, 15) is 18.0 Å². The topological polar surface area (TPSA) is 124 Å². The average Bonchev–Trinajstić information content (AvgIpc) is 3.25. The highest BCUT2D eigenvalue weighted by atomic mass is 32.2. The predicted molar refractivity (Wildman–Crippen MR) is 114 cm³/mol. The fourth-order valence-corrected chi connectivity index (χ4v) is 4.76. The molecular formula is C20H27N5O4S. The van der Waals surface area contributed by atoms with Crippen LogP contribution in [0.1, 0.15) is 38.4 Å². The summed E-state index contributed by atoms with van der Waals surface area (Å²) in [6.07, 6.45) is 0.921. The van der Waals surface area contributed by atoms with Crippen molar-refractivity contribution in [3.05, 3.63) is 35.5 Å². The number of nitrogens with zero attached hydrogens (tertiary/aromatic N) is 2. The Balaban J connectivity index is 1.81. The van der Waals surface area contributed by atoms with Gasteiger partial charge in [-0.1, -0.05) is 13.8 Å². The van der Waals surface area contributed by atoms with Crippen molar-refractivity contribution in [2.24, 2.45) is 5.92 Å². The summed E-state index contributed by atoms with van der Waals surface area (Å²) in [5.41, 5.74) is 2.31. The number of H-pyrrole nitrogens is 1. The molecule has 1 unspecified atom stereocenters. The number of carbonyl (C=O) groups is 2. The van der Waals surface area contributed by atoms with Gasteiger partial charge in [0.05, 0.1) is 4.90 Å². The summed E-state index contributed by atoms with van der Waals surface area (Å²) in [7, 11) is -3.94. The molecule has 1 aromatic heterocycles. The van der Waals surface area contributed by atoms with Crippen molar-refractivity contribution in [2.75, 3.05) is 16.8 Å². The molecule has 0 radical (unpaired) electrons. The number of carbonyl (C=O) groups excluding carboxylic acids is 2. The van der Waals surface area contributed by atoms with Gasteiger partial charge in [0.15, 0.2) is 5.82 Å². The van der Waals surface area contributed by atoms with Gasteiger partial charge in [-0.2, -0.15) is 9.82 Å². The molecule has 1 atom stereocenters. The lowest BCUT2D eigenvalue weighted by Gasteiger charge is -2.20. The molecule has 30 heavy (non-hydrogen) atoms. The fourth-order valence-electron chi connectivity index (χ4n) is 3.50. The number of rotatable bonds is 7. The van der Waals surface area contributed by atoms with Gasteiger partial charge in [-0.3, -0.25) is 14.7 Å². The van der Waals surface area contributed by atoms with E-state index in [0.717, 1.165) is 16.9 Å². The second-order valence-electron chi connectivity index (χ2n) is 7.94. The minimum atomic E-state index is -3.94. The van der Waals surface area contributed by atoms with Crippen molar-refractivity contribution < 1.29 is 18.0 Å². The number of anilines is 2. The van der Waals surface area contributed by atoms with E-state index >= 15 is 0 Å². The van der Waals surface area contributed by atoms with Crippen LogP contribution in [0.5, 0.6) is 0 Å². The van der Waals surface area contributed by atoms with Gasteiger partial charge < -0.3 is 10.2 Å². The number of aromatic nitrogens is 2. The Morgan fingerprint density at radius 2 is 2.00 bits per heavy atom. The maximum absolute atomic E-state index is 13.0. The van der Waals surface area contributed by atoms with Crippen LogP contribution in [0.3, 0.4) is 0 Å². The molecule has 9 nitrogen and oxygen atoms in total. The first-order valence-electron chi connectivity index (χ1n) is 9.83. The standard InChI is InChI=1S/C20H27N5O4S/c1-12(2)9-17(20(27)21-19-10-13(3)22-23-19)24-30(28,29)16-5-6-18-15(11-16)7-8-25(18)14(4)26/h5-6,10-12,17,24H,7-9H2,1-4H3,(H2,21,22,23,27). The summed E-state index contributed by atoms with van der Waals surface area (Å²) in [6.45, 7) is 7.65. The predicted octanol–water partition coefficient (Wildman–Crippen LogP) is 1.96. The van der Waals surface area contributed by atoms with Crippen molar-refractivity contribution >= 4 is 33.3 Å². The molecule has 1 aliphatic rings. The molecule has 10 heteroatoms. The van der Waals surface area contributed by atoms with Crippen LogP contribution in [-0.2, 0) is 26.0 Å². The van der Waals surface area contributed by atoms with Crippen molar-refractivity contribution in [1.82, 2.24) is 14.9 Å². The van der Waals surface area contributed by atoms with Crippen LogP contribution < -0.4 is 14.9 Å². The molecule has 0 saturated carbocycles. The molecule has 0 bridgehead atoms. The molecule has 1 aliphatic heterocycles. The van der Waals surface area contributed by atoms with E-state index in [-0.39, 0.29) is 16.7 Å². The Kier molecular flexibility index (Phi) is 6.27. The molecule has 2 heterocycles. The minimum absolute atomic E-state index is 0.0730.